The van der Waals surface area contributed by atoms with Gasteiger partial charge >= 0.3 is 0 Å². The van der Waals surface area contributed by atoms with E-state index >= 15 is 0 Å². The second-order valence-corrected chi connectivity index (χ2v) is 6.03. The van der Waals surface area contributed by atoms with E-state index < -0.39 is 10.0 Å². The second kappa shape index (κ2) is 6.11. The van der Waals surface area contributed by atoms with Crippen LogP contribution in [-0.4, -0.2) is 20.5 Å². The van der Waals surface area contributed by atoms with E-state index in [1.165, 1.54) is 6.07 Å². The maximum absolute atomic E-state index is 11.5. The van der Waals surface area contributed by atoms with Crippen molar-refractivity contribution in [3.8, 4) is 5.88 Å². The average molecular weight is 307 g/mol. The van der Waals surface area contributed by atoms with E-state index in [9.17, 15) is 8.42 Å². The smallest absolute Gasteiger partial charge is 0.238 e. The number of nitrogens with two attached hydrogens (primary N) is 1. The Bertz CT molecular complexity index is 745. The van der Waals surface area contributed by atoms with Gasteiger partial charge in [-0.1, -0.05) is 12.1 Å². The van der Waals surface area contributed by atoms with E-state index in [2.05, 4.69) is 10.3 Å². The summed E-state index contributed by atoms with van der Waals surface area (Å²) < 4.78 is 28.0. The van der Waals surface area contributed by atoms with Crippen LogP contribution in [0.3, 0.4) is 0 Å². The zero-order valence-corrected chi connectivity index (χ0v) is 12.6. The first-order valence-electron chi connectivity index (χ1n) is 6.28. The molecule has 1 aromatic carbocycles. The lowest BCUT2D eigenvalue weighted by molar-refractivity contribution is 0.396. The van der Waals surface area contributed by atoms with Crippen LogP contribution in [0.15, 0.2) is 41.3 Å². The third kappa shape index (κ3) is 3.71. The molecule has 0 amide bonds. The van der Waals surface area contributed by atoms with Crippen LogP contribution >= 0.6 is 0 Å². The van der Waals surface area contributed by atoms with Crippen molar-refractivity contribution in [1.82, 2.24) is 4.98 Å². The summed E-state index contributed by atoms with van der Waals surface area (Å²) in [5.41, 5.74) is 2.07. The molecule has 6 nitrogen and oxygen atoms in total. The number of benzene rings is 1. The van der Waals surface area contributed by atoms with Crippen molar-refractivity contribution in [1.29, 1.82) is 0 Å². The molecule has 0 saturated carbocycles. The summed E-state index contributed by atoms with van der Waals surface area (Å²) in [5, 5.41) is 8.34. The van der Waals surface area contributed by atoms with Crippen LogP contribution in [0.5, 0.6) is 5.88 Å². The van der Waals surface area contributed by atoms with Gasteiger partial charge in [0.1, 0.15) is 0 Å². The van der Waals surface area contributed by atoms with Crippen molar-refractivity contribution in [2.24, 2.45) is 5.14 Å². The SMILES string of the molecule is COc1cccc(CNc2cccc(S(N)(=O)=O)c2C)n1. The normalized spacial score (nSPS) is 11.2. The van der Waals surface area contributed by atoms with E-state index in [0.29, 0.717) is 23.7 Å². The Morgan fingerprint density at radius 2 is 1.95 bits per heavy atom. The largest absolute Gasteiger partial charge is 0.481 e. The van der Waals surface area contributed by atoms with Gasteiger partial charge in [-0.05, 0) is 30.7 Å². The number of anilines is 1. The van der Waals surface area contributed by atoms with Gasteiger partial charge in [0.15, 0.2) is 0 Å². The summed E-state index contributed by atoms with van der Waals surface area (Å²) in [5.74, 6) is 0.532. The number of methoxy groups -OCH3 is 1. The van der Waals surface area contributed by atoms with Crippen molar-refractivity contribution in [2.75, 3.05) is 12.4 Å². The highest BCUT2D eigenvalue weighted by Crippen LogP contribution is 2.22. The minimum atomic E-state index is -3.73. The van der Waals surface area contributed by atoms with Gasteiger partial charge in [-0.25, -0.2) is 18.5 Å². The Hall–Kier alpha value is -2.12. The highest BCUT2D eigenvalue weighted by Gasteiger charge is 2.13. The van der Waals surface area contributed by atoms with Crippen LogP contribution in [0.2, 0.25) is 0 Å². The van der Waals surface area contributed by atoms with E-state index in [4.69, 9.17) is 9.88 Å². The van der Waals surface area contributed by atoms with Crippen LogP contribution < -0.4 is 15.2 Å². The zero-order valence-electron chi connectivity index (χ0n) is 11.8. The molecule has 0 fully saturated rings. The van der Waals surface area contributed by atoms with Gasteiger partial charge in [-0.3, -0.25) is 0 Å². The maximum Gasteiger partial charge on any atom is 0.238 e. The quantitative estimate of drug-likeness (QED) is 0.876. The van der Waals surface area contributed by atoms with Gasteiger partial charge in [0.05, 0.1) is 24.2 Å². The van der Waals surface area contributed by atoms with Crippen LogP contribution in [0.1, 0.15) is 11.3 Å². The van der Waals surface area contributed by atoms with Gasteiger partial charge in [0.2, 0.25) is 15.9 Å². The standard InChI is InChI=1S/C14H17N3O3S/c1-10-12(6-4-7-13(10)21(15,18)19)16-9-11-5-3-8-14(17-11)20-2/h3-8,16H,9H2,1-2H3,(H2,15,18,19). The highest BCUT2D eigenvalue weighted by molar-refractivity contribution is 7.89. The average Bonchev–Trinajstić information content (AvgIpc) is 2.45. The molecule has 7 heteroatoms. The van der Waals surface area contributed by atoms with Crippen LogP contribution in [-0.2, 0) is 16.6 Å². The molecule has 0 aliphatic carbocycles. The van der Waals surface area contributed by atoms with Crippen molar-refractivity contribution in [2.45, 2.75) is 18.4 Å². The molecule has 21 heavy (non-hydrogen) atoms. The van der Waals surface area contributed by atoms with Crippen LogP contribution in [0.25, 0.3) is 0 Å². The Labute approximate surface area is 124 Å². The first-order chi connectivity index (χ1) is 9.91. The maximum atomic E-state index is 11.5. The van der Waals surface area contributed by atoms with E-state index in [1.54, 1.807) is 32.2 Å². The summed E-state index contributed by atoms with van der Waals surface area (Å²) in [4.78, 5) is 4.40. The lowest BCUT2D eigenvalue weighted by Gasteiger charge is -2.12. The number of ether oxygens (including phenoxy) is 1. The molecular formula is C14H17N3O3S. The van der Waals surface area contributed by atoms with Crippen molar-refractivity contribution >= 4 is 15.7 Å². The minimum Gasteiger partial charge on any atom is -0.481 e. The molecule has 0 saturated heterocycles. The van der Waals surface area contributed by atoms with Gasteiger partial charge < -0.3 is 10.1 Å². The Kier molecular flexibility index (Phi) is 4.44. The number of rotatable bonds is 5. The second-order valence-electron chi connectivity index (χ2n) is 4.50. The van der Waals surface area contributed by atoms with E-state index in [0.717, 1.165) is 5.69 Å². The van der Waals surface area contributed by atoms with Crippen molar-refractivity contribution < 1.29 is 13.2 Å². The first kappa shape index (κ1) is 15.3. The van der Waals surface area contributed by atoms with Gasteiger partial charge in [0.25, 0.3) is 0 Å². The lowest BCUT2D eigenvalue weighted by Crippen LogP contribution is -2.14. The first-order valence-corrected chi connectivity index (χ1v) is 7.82. The van der Waals surface area contributed by atoms with E-state index in [1.807, 2.05) is 12.1 Å². The molecule has 1 heterocycles. The molecule has 0 bridgehead atoms. The Morgan fingerprint density at radius 3 is 2.62 bits per heavy atom. The fourth-order valence-corrected chi connectivity index (χ4v) is 2.77. The third-order valence-electron chi connectivity index (χ3n) is 3.04. The number of sulfonamides is 1. The van der Waals surface area contributed by atoms with Crippen molar-refractivity contribution in [3.63, 3.8) is 0 Å². The number of hydrogen-bond donors (Lipinski definition) is 2. The molecule has 3 N–H and O–H groups in total. The predicted octanol–water partition coefficient (Wildman–Crippen LogP) is 1.66. The fourth-order valence-electron chi connectivity index (χ4n) is 1.97. The monoisotopic (exact) mass is 307 g/mol. The number of primary sulfonamides is 1. The molecule has 0 radical (unpaired) electrons. The van der Waals surface area contributed by atoms with Crippen LogP contribution in [0.4, 0.5) is 5.69 Å². The molecular weight excluding hydrogens is 290 g/mol. The number of nitrogens with one attached hydrogen (secondary N) is 1. The summed E-state index contributed by atoms with van der Waals surface area (Å²) in [7, 11) is -2.17. The molecule has 0 unspecified atom stereocenters. The number of nitrogens with zero attached hydrogens (tertiary/aromatic N) is 1. The molecule has 2 rings (SSSR count). The number of aromatic nitrogens is 1. The molecule has 112 valence electrons. The summed E-state index contributed by atoms with van der Waals surface area (Å²) in [6.07, 6.45) is 0. The molecule has 0 aliphatic rings. The Morgan fingerprint density at radius 1 is 1.24 bits per heavy atom. The molecule has 0 aliphatic heterocycles. The molecule has 1 aromatic heterocycles. The molecule has 0 atom stereocenters. The lowest BCUT2D eigenvalue weighted by atomic mass is 10.2. The van der Waals surface area contributed by atoms with E-state index in [-0.39, 0.29) is 4.90 Å². The zero-order chi connectivity index (χ0) is 15.5. The van der Waals surface area contributed by atoms with Gasteiger partial charge in [-0.2, -0.15) is 0 Å². The van der Waals surface area contributed by atoms with Crippen molar-refractivity contribution in [3.05, 3.63) is 47.7 Å². The third-order valence-corrected chi connectivity index (χ3v) is 4.10. The topological polar surface area (TPSA) is 94.3 Å². The summed E-state index contributed by atoms with van der Waals surface area (Å²) in [6, 6.07) is 10.4. The molecule has 2 aromatic rings. The highest BCUT2D eigenvalue weighted by atomic mass is 32.2. The fraction of sp³-hybridized carbons (Fsp3) is 0.214. The minimum absolute atomic E-state index is 0.117. The predicted molar refractivity (Wildman–Crippen MR) is 80.7 cm³/mol. The number of hydrogen-bond acceptors (Lipinski definition) is 5. The molecule has 0 spiro atoms. The Balaban J connectivity index is 2.21. The van der Waals surface area contributed by atoms with Gasteiger partial charge in [-0.15, -0.1) is 0 Å². The number of pyridine rings is 1. The van der Waals surface area contributed by atoms with Gasteiger partial charge in [0, 0.05) is 11.8 Å². The summed E-state index contributed by atoms with van der Waals surface area (Å²) in [6.45, 7) is 2.16. The summed E-state index contributed by atoms with van der Waals surface area (Å²) >= 11 is 0. The van der Waals surface area contributed by atoms with Crippen LogP contribution in [0, 0.1) is 6.92 Å².